The van der Waals surface area contributed by atoms with Crippen LogP contribution in [0.4, 0.5) is 0 Å². The summed E-state index contributed by atoms with van der Waals surface area (Å²) in [6.07, 6.45) is 7.24. The number of hydrogen-bond acceptors (Lipinski definition) is 4. The second-order valence-corrected chi connectivity index (χ2v) is 7.77. The van der Waals surface area contributed by atoms with E-state index in [-0.39, 0.29) is 0 Å². The number of benzene rings is 1. The van der Waals surface area contributed by atoms with Gasteiger partial charge >= 0.3 is 0 Å². The Labute approximate surface area is 176 Å². The van der Waals surface area contributed by atoms with Gasteiger partial charge in [-0.2, -0.15) is 0 Å². The summed E-state index contributed by atoms with van der Waals surface area (Å²) in [5, 5.41) is 6.96. The molecular weight excluding hydrogens is 366 g/mol. The first-order valence-corrected chi connectivity index (χ1v) is 11.0. The van der Waals surface area contributed by atoms with Gasteiger partial charge in [-0.15, -0.1) is 0 Å². The van der Waals surface area contributed by atoms with Gasteiger partial charge in [0.15, 0.2) is 17.5 Å². The zero-order valence-corrected chi connectivity index (χ0v) is 18.7. The summed E-state index contributed by atoms with van der Waals surface area (Å²) in [6.45, 7) is 8.09. The van der Waals surface area contributed by atoms with Gasteiger partial charge in [-0.05, 0) is 55.7 Å². The number of nitrogens with zero attached hydrogens (tertiary/aromatic N) is 1. The Bertz CT molecular complexity index is 628. The molecule has 0 unspecified atom stereocenters. The van der Waals surface area contributed by atoms with E-state index in [1.807, 2.05) is 19.2 Å². The van der Waals surface area contributed by atoms with Crippen molar-refractivity contribution >= 4 is 5.96 Å². The van der Waals surface area contributed by atoms with E-state index in [1.54, 1.807) is 7.11 Å². The van der Waals surface area contributed by atoms with Gasteiger partial charge in [0.25, 0.3) is 0 Å². The topological polar surface area (TPSA) is 64.1 Å². The van der Waals surface area contributed by atoms with Crippen molar-refractivity contribution in [2.24, 2.45) is 10.4 Å². The predicted octanol–water partition coefficient (Wildman–Crippen LogP) is 4.14. The van der Waals surface area contributed by atoms with Crippen molar-refractivity contribution in [3.05, 3.63) is 23.8 Å². The molecule has 1 aromatic rings. The van der Waals surface area contributed by atoms with Gasteiger partial charge in [0.05, 0.1) is 13.7 Å². The molecule has 1 aliphatic carbocycles. The average molecular weight is 406 g/mol. The first-order valence-electron chi connectivity index (χ1n) is 11.0. The minimum atomic E-state index is 0.328. The standard InChI is InChI=1S/C23H39N3O3/c1-5-14-29-20-10-9-19(16-21(20)27-4)17-25-22(24-3)26-18-23(11-7-8-12-23)13-15-28-6-2/h9-10,16H,5-8,11-15,17-18H2,1-4H3,(H2,24,25,26). The zero-order chi connectivity index (χ0) is 21.0. The van der Waals surface area contributed by atoms with Crippen LogP contribution in [0.3, 0.4) is 0 Å². The maximum Gasteiger partial charge on any atom is 0.191 e. The average Bonchev–Trinajstić information content (AvgIpc) is 3.21. The van der Waals surface area contributed by atoms with Crippen LogP contribution in [0.1, 0.15) is 57.9 Å². The van der Waals surface area contributed by atoms with E-state index < -0.39 is 0 Å². The van der Waals surface area contributed by atoms with Crippen LogP contribution in [0.2, 0.25) is 0 Å². The first kappa shape index (κ1) is 23.3. The summed E-state index contributed by atoms with van der Waals surface area (Å²) in [7, 11) is 3.49. The molecular formula is C23H39N3O3. The van der Waals surface area contributed by atoms with Crippen molar-refractivity contribution in [2.75, 3.05) is 40.5 Å². The maximum absolute atomic E-state index is 5.73. The van der Waals surface area contributed by atoms with Crippen molar-refractivity contribution in [1.82, 2.24) is 10.6 Å². The molecule has 6 heteroatoms. The van der Waals surface area contributed by atoms with Crippen LogP contribution in [0.5, 0.6) is 11.5 Å². The van der Waals surface area contributed by atoms with Gasteiger partial charge < -0.3 is 24.8 Å². The lowest BCUT2D eigenvalue weighted by Crippen LogP contribution is -2.43. The van der Waals surface area contributed by atoms with Gasteiger partial charge in [-0.25, -0.2) is 0 Å². The van der Waals surface area contributed by atoms with E-state index in [1.165, 1.54) is 25.7 Å². The Balaban J connectivity index is 1.88. The Morgan fingerprint density at radius 1 is 1.10 bits per heavy atom. The molecule has 1 fully saturated rings. The summed E-state index contributed by atoms with van der Waals surface area (Å²) in [5.74, 6) is 2.39. The first-order chi connectivity index (χ1) is 14.2. The third kappa shape index (κ3) is 7.42. The molecule has 1 aliphatic rings. The van der Waals surface area contributed by atoms with Crippen LogP contribution >= 0.6 is 0 Å². The highest BCUT2D eigenvalue weighted by Gasteiger charge is 2.33. The molecule has 164 valence electrons. The molecule has 29 heavy (non-hydrogen) atoms. The highest BCUT2D eigenvalue weighted by Crippen LogP contribution is 2.40. The summed E-state index contributed by atoms with van der Waals surface area (Å²) in [6, 6.07) is 6.06. The molecule has 2 rings (SSSR count). The summed E-state index contributed by atoms with van der Waals surface area (Å²) >= 11 is 0. The molecule has 0 aromatic heterocycles. The van der Waals surface area contributed by atoms with E-state index in [0.29, 0.717) is 18.6 Å². The molecule has 1 saturated carbocycles. The van der Waals surface area contributed by atoms with Gasteiger partial charge in [-0.1, -0.05) is 25.8 Å². The third-order valence-electron chi connectivity index (χ3n) is 5.65. The van der Waals surface area contributed by atoms with Crippen molar-refractivity contribution in [1.29, 1.82) is 0 Å². The molecule has 0 amide bonds. The highest BCUT2D eigenvalue weighted by molar-refractivity contribution is 5.79. The van der Waals surface area contributed by atoms with E-state index in [0.717, 1.165) is 55.6 Å². The van der Waals surface area contributed by atoms with E-state index in [9.17, 15) is 0 Å². The SMILES string of the molecule is CCCOc1ccc(CNC(=NC)NCC2(CCOCC)CCCC2)cc1OC. The van der Waals surface area contributed by atoms with Gasteiger partial charge in [-0.3, -0.25) is 4.99 Å². The number of aliphatic imine (C=N–C) groups is 1. The van der Waals surface area contributed by atoms with E-state index in [2.05, 4.69) is 35.5 Å². The second kappa shape index (κ2) is 12.6. The minimum absolute atomic E-state index is 0.328. The Morgan fingerprint density at radius 3 is 2.55 bits per heavy atom. The van der Waals surface area contributed by atoms with Gasteiger partial charge in [0, 0.05) is 33.4 Å². The van der Waals surface area contributed by atoms with Crippen LogP contribution in [0.15, 0.2) is 23.2 Å². The van der Waals surface area contributed by atoms with E-state index >= 15 is 0 Å². The van der Waals surface area contributed by atoms with E-state index in [4.69, 9.17) is 14.2 Å². The number of hydrogen-bond donors (Lipinski definition) is 2. The molecule has 0 bridgehead atoms. The van der Waals surface area contributed by atoms with Crippen molar-refractivity contribution in [2.45, 2.75) is 58.9 Å². The smallest absolute Gasteiger partial charge is 0.191 e. The molecule has 0 heterocycles. The highest BCUT2D eigenvalue weighted by atomic mass is 16.5. The maximum atomic E-state index is 5.73. The third-order valence-corrected chi connectivity index (χ3v) is 5.65. The lowest BCUT2D eigenvalue weighted by atomic mass is 9.83. The molecule has 0 saturated heterocycles. The molecule has 0 radical (unpaired) electrons. The number of guanidine groups is 1. The monoisotopic (exact) mass is 405 g/mol. The van der Waals surface area contributed by atoms with Crippen molar-refractivity contribution in [3.8, 4) is 11.5 Å². The minimum Gasteiger partial charge on any atom is -0.493 e. The number of ether oxygens (including phenoxy) is 3. The van der Waals surface area contributed by atoms with Crippen LogP contribution in [-0.2, 0) is 11.3 Å². The number of nitrogens with one attached hydrogen (secondary N) is 2. The zero-order valence-electron chi connectivity index (χ0n) is 18.7. The fourth-order valence-corrected chi connectivity index (χ4v) is 3.90. The lowest BCUT2D eigenvalue weighted by molar-refractivity contribution is 0.105. The molecule has 0 atom stereocenters. The molecule has 0 aliphatic heterocycles. The number of rotatable bonds is 12. The summed E-state index contributed by atoms with van der Waals surface area (Å²) < 4.78 is 16.8. The largest absolute Gasteiger partial charge is 0.493 e. The number of methoxy groups -OCH3 is 1. The molecule has 2 N–H and O–H groups in total. The predicted molar refractivity (Wildman–Crippen MR) is 119 cm³/mol. The fourth-order valence-electron chi connectivity index (χ4n) is 3.90. The lowest BCUT2D eigenvalue weighted by Gasteiger charge is -2.30. The second-order valence-electron chi connectivity index (χ2n) is 7.77. The van der Waals surface area contributed by atoms with Crippen molar-refractivity contribution < 1.29 is 14.2 Å². The van der Waals surface area contributed by atoms with Crippen molar-refractivity contribution in [3.63, 3.8) is 0 Å². The van der Waals surface area contributed by atoms with Crippen LogP contribution in [0, 0.1) is 5.41 Å². The van der Waals surface area contributed by atoms with Crippen LogP contribution in [-0.4, -0.2) is 46.5 Å². The summed E-state index contributed by atoms with van der Waals surface area (Å²) in [4.78, 5) is 4.40. The normalized spacial score (nSPS) is 15.9. The summed E-state index contributed by atoms with van der Waals surface area (Å²) in [5.41, 5.74) is 1.45. The molecule has 0 spiro atoms. The molecule has 1 aromatic carbocycles. The van der Waals surface area contributed by atoms with Gasteiger partial charge in [0.1, 0.15) is 0 Å². The van der Waals surface area contributed by atoms with Gasteiger partial charge in [0.2, 0.25) is 0 Å². The van der Waals surface area contributed by atoms with Crippen LogP contribution < -0.4 is 20.1 Å². The Kier molecular flexibility index (Phi) is 10.1. The molecule has 6 nitrogen and oxygen atoms in total. The Hall–Kier alpha value is -1.95. The Morgan fingerprint density at radius 2 is 1.90 bits per heavy atom. The fraction of sp³-hybridized carbons (Fsp3) is 0.696. The van der Waals surface area contributed by atoms with Crippen LogP contribution in [0.25, 0.3) is 0 Å². The quantitative estimate of drug-likeness (QED) is 0.311.